The van der Waals surface area contributed by atoms with E-state index in [1.165, 1.54) is 38.4 Å². The van der Waals surface area contributed by atoms with Crippen LogP contribution in [0.15, 0.2) is 78.0 Å². The van der Waals surface area contributed by atoms with Crippen LogP contribution in [0.3, 0.4) is 0 Å². The number of hydrogen-bond acceptors (Lipinski definition) is 5. The molecule has 0 aliphatic heterocycles. The summed E-state index contributed by atoms with van der Waals surface area (Å²) in [6, 6.07) is 16.5. The van der Waals surface area contributed by atoms with Crippen molar-refractivity contribution >= 4 is 28.1 Å². The predicted octanol–water partition coefficient (Wildman–Crippen LogP) is 3.72. The van der Waals surface area contributed by atoms with Gasteiger partial charge in [-0.15, -0.1) is 0 Å². The van der Waals surface area contributed by atoms with Crippen LogP contribution in [-0.2, 0) is 10.0 Å². The molecule has 6 nitrogen and oxygen atoms in total. The van der Waals surface area contributed by atoms with Crippen molar-refractivity contribution in [3.8, 4) is 5.75 Å². The zero-order valence-electron chi connectivity index (χ0n) is 16.0. The summed E-state index contributed by atoms with van der Waals surface area (Å²) >= 11 is 0. The second-order valence-electron chi connectivity index (χ2n) is 6.38. The lowest BCUT2D eigenvalue weighted by Crippen LogP contribution is -2.22. The standard InChI is InChI=1S/C22H20N2O4S/c1-24(2)29(26,27)21-11-7-19(8-12-21)22(25)28-20-9-5-17(6-10-20)3-4-18-13-15-23-16-14-18/h3-16H,1-2H3. The van der Waals surface area contributed by atoms with Gasteiger partial charge in [0.25, 0.3) is 0 Å². The van der Waals surface area contributed by atoms with E-state index in [0.29, 0.717) is 5.75 Å². The van der Waals surface area contributed by atoms with Crippen molar-refractivity contribution in [3.05, 3.63) is 89.7 Å². The van der Waals surface area contributed by atoms with Gasteiger partial charge in [0.15, 0.2) is 0 Å². The van der Waals surface area contributed by atoms with Gasteiger partial charge in [-0.05, 0) is 59.7 Å². The van der Waals surface area contributed by atoms with Crippen LogP contribution >= 0.6 is 0 Å². The molecule has 2 aromatic carbocycles. The molecular formula is C22H20N2O4S. The van der Waals surface area contributed by atoms with Crippen LogP contribution in [0.5, 0.6) is 5.75 Å². The molecule has 7 heteroatoms. The van der Waals surface area contributed by atoms with Crippen molar-refractivity contribution < 1.29 is 17.9 Å². The topological polar surface area (TPSA) is 76.6 Å². The van der Waals surface area contributed by atoms with Crippen LogP contribution in [0.25, 0.3) is 12.2 Å². The normalized spacial score (nSPS) is 11.7. The maximum atomic E-state index is 12.3. The molecule has 29 heavy (non-hydrogen) atoms. The van der Waals surface area contributed by atoms with Gasteiger partial charge >= 0.3 is 5.97 Å². The second-order valence-corrected chi connectivity index (χ2v) is 8.54. The molecule has 1 aromatic heterocycles. The van der Waals surface area contributed by atoms with E-state index in [9.17, 15) is 13.2 Å². The Hall–Kier alpha value is -3.29. The Balaban J connectivity index is 1.66. The Kier molecular flexibility index (Phi) is 6.21. The van der Waals surface area contributed by atoms with Crippen LogP contribution in [-0.4, -0.2) is 37.8 Å². The van der Waals surface area contributed by atoms with Crippen molar-refractivity contribution in [3.63, 3.8) is 0 Å². The Morgan fingerprint density at radius 3 is 1.97 bits per heavy atom. The van der Waals surface area contributed by atoms with Gasteiger partial charge in [0.1, 0.15) is 5.75 Å². The summed E-state index contributed by atoms with van der Waals surface area (Å²) < 4.78 is 30.6. The molecule has 3 aromatic rings. The average Bonchev–Trinajstić information content (AvgIpc) is 2.74. The molecule has 0 atom stereocenters. The minimum Gasteiger partial charge on any atom is -0.423 e. The molecule has 0 bridgehead atoms. The Morgan fingerprint density at radius 1 is 0.862 bits per heavy atom. The smallest absolute Gasteiger partial charge is 0.343 e. The number of benzene rings is 2. The lowest BCUT2D eigenvalue weighted by Gasteiger charge is -2.11. The highest BCUT2D eigenvalue weighted by molar-refractivity contribution is 7.89. The van der Waals surface area contributed by atoms with E-state index in [-0.39, 0.29) is 10.5 Å². The molecule has 0 unspecified atom stereocenters. The van der Waals surface area contributed by atoms with Crippen LogP contribution in [0.2, 0.25) is 0 Å². The first-order chi connectivity index (χ1) is 13.9. The number of ether oxygens (including phenoxy) is 1. The summed E-state index contributed by atoms with van der Waals surface area (Å²) in [5.74, 6) is -0.153. The van der Waals surface area contributed by atoms with Gasteiger partial charge in [0.05, 0.1) is 10.5 Å². The molecular weight excluding hydrogens is 388 g/mol. The van der Waals surface area contributed by atoms with Gasteiger partial charge in [-0.3, -0.25) is 4.98 Å². The number of carbonyl (C=O) groups excluding carboxylic acids is 1. The minimum absolute atomic E-state index is 0.115. The molecule has 0 radical (unpaired) electrons. The average molecular weight is 408 g/mol. The predicted molar refractivity (Wildman–Crippen MR) is 112 cm³/mol. The monoisotopic (exact) mass is 408 g/mol. The van der Waals surface area contributed by atoms with Crippen molar-refractivity contribution in [1.29, 1.82) is 0 Å². The molecule has 0 aliphatic rings. The van der Waals surface area contributed by atoms with Gasteiger partial charge in [-0.1, -0.05) is 24.3 Å². The fourth-order valence-corrected chi connectivity index (χ4v) is 3.36. The summed E-state index contributed by atoms with van der Waals surface area (Å²) in [4.78, 5) is 16.4. The molecule has 0 fully saturated rings. The van der Waals surface area contributed by atoms with Gasteiger partial charge in [0.2, 0.25) is 10.0 Å². The number of esters is 1. The quantitative estimate of drug-likeness (QED) is 0.459. The molecule has 0 spiro atoms. The summed E-state index contributed by atoms with van der Waals surface area (Å²) in [5, 5.41) is 0. The number of nitrogens with zero attached hydrogens (tertiary/aromatic N) is 2. The molecule has 0 saturated heterocycles. The van der Waals surface area contributed by atoms with Crippen LogP contribution < -0.4 is 4.74 Å². The first-order valence-corrected chi connectivity index (χ1v) is 10.2. The summed E-state index contributed by atoms with van der Waals surface area (Å²) in [6.45, 7) is 0. The third-order valence-corrected chi connectivity index (χ3v) is 5.96. The van der Waals surface area contributed by atoms with Crippen LogP contribution in [0.4, 0.5) is 0 Å². The minimum atomic E-state index is -3.54. The van der Waals surface area contributed by atoms with Crippen LogP contribution in [0.1, 0.15) is 21.5 Å². The fraction of sp³-hybridized carbons (Fsp3) is 0.0909. The number of sulfonamides is 1. The molecule has 148 valence electrons. The lowest BCUT2D eigenvalue weighted by atomic mass is 10.1. The first-order valence-electron chi connectivity index (χ1n) is 8.79. The number of carbonyl (C=O) groups is 1. The zero-order valence-corrected chi connectivity index (χ0v) is 16.8. The second kappa shape index (κ2) is 8.81. The summed E-state index contributed by atoms with van der Waals surface area (Å²) in [7, 11) is -0.634. The maximum Gasteiger partial charge on any atom is 0.343 e. The third kappa shape index (κ3) is 5.16. The first kappa shape index (κ1) is 20.4. The van der Waals surface area contributed by atoms with E-state index >= 15 is 0 Å². The van der Waals surface area contributed by atoms with Crippen molar-refractivity contribution in [1.82, 2.24) is 9.29 Å². The maximum absolute atomic E-state index is 12.3. The van der Waals surface area contributed by atoms with E-state index in [2.05, 4.69) is 4.98 Å². The Labute approximate surface area is 170 Å². The van der Waals surface area contributed by atoms with Gasteiger partial charge < -0.3 is 4.74 Å². The number of hydrogen-bond donors (Lipinski definition) is 0. The van der Waals surface area contributed by atoms with E-state index < -0.39 is 16.0 Å². The third-order valence-electron chi connectivity index (χ3n) is 4.13. The van der Waals surface area contributed by atoms with Crippen LogP contribution in [0, 0.1) is 0 Å². The molecule has 1 heterocycles. The SMILES string of the molecule is CN(C)S(=O)(=O)c1ccc(C(=O)Oc2ccc(C=Cc3ccncc3)cc2)cc1. The van der Waals surface area contributed by atoms with Gasteiger partial charge in [-0.2, -0.15) is 0 Å². The molecule has 3 rings (SSSR count). The number of aromatic nitrogens is 1. The van der Waals surface area contributed by atoms with Crippen molar-refractivity contribution in [2.75, 3.05) is 14.1 Å². The van der Waals surface area contributed by atoms with Gasteiger partial charge in [0, 0.05) is 26.5 Å². The summed E-state index contributed by atoms with van der Waals surface area (Å²) in [5.41, 5.74) is 2.26. The highest BCUT2D eigenvalue weighted by Gasteiger charge is 2.18. The lowest BCUT2D eigenvalue weighted by molar-refractivity contribution is 0.0734. The van der Waals surface area contributed by atoms with E-state index in [4.69, 9.17) is 4.74 Å². The van der Waals surface area contributed by atoms with Gasteiger partial charge in [-0.25, -0.2) is 17.5 Å². The van der Waals surface area contributed by atoms with Crippen molar-refractivity contribution in [2.45, 2.75) is 4.90 Å². The zero-order chi connectivity index (χ0) is 20.9. The Morgan fingerprint density at radius 2 is 1.41 bits per heavy atom. The highest BCUT2D eigenvalue weighted by atomic mass is 32.2. The molecule has 0 N–H and O–H groups in total. The highest BCUT2D eigenvalue weighted by Crippen LogP contribution is 2.18. The fourth-order valence-electron chi connectivity index (χ4n) is 2.45. The molecule has 0 aliphatic carbocycles. The van der Waals surface area contributed by atoms with E-state index in [0.717, 1.165) is 15.4 Å². The van der Waals surface area contributed by atoms with E-state index in [1.807, 2.05) is 36.4 Å². The number of rotatable bonds is 6. The molecule has 0 saturated carbocycles. The largest absolute Gasteiger partial charge is 0.423 e. The Bertz CT molecular complexity index is 1110. The molecule has 0 amide bonds. The summed E-state index contributed by atoms with van der Waals surface area (Å²) in [6.07, 6.45) is 7.37. The van der Waals surface area contributed by atoms with E-state index in [1.54, 1.807) is 24.5 Å². The number of pyridine rings is 1. The van der Waals surface area contributed by atoms with Crippen molar-refractivity contribution in [2.24, 2.45) is 0 Å².